The number of thiophene rings is 1. The molecule has 0 amide bonds. The molecule has 0 unspecified atom stereocenters. The van der Waals surface area contributed by atoms with E-state index in [1.165, 1.54) is 6.07 Å². The fourth-order valence-corrected chi connectivity index (χ4v) is 3.01. The summed E-state index contributed by atoms with van der Waals surface area (Å²) in [6.07, 6.45) is 0. The van der Waals surface area contributed by atoms with Crippen LogP contribution in [0, 0.1) is 11.6 Å². The summed E-state index contributed by atoms with van der Waals surface area (Å²) in [4.78, 5) is 12.4. The molecule has 0 radical (unpaired) electrons. The molecule has 94 valence electrons. The van der Waals surface area contributed by atoms with Crippen LogP contribution in [0.4, 0.5) is 14.5 Å². The van der Waals surface area contributed by atoms with Crippen LogP contribution in [0.2, 0.25) is 5.02 Å². The summed E-state index contributed by atoms with van der Waals surface area (Å²) in [7, 11) is 0. The third-order valence-corrected chi connectivity index (χ3v) is 4.68. The molecule has 0 atom stereocenters. The van der Waals surface area contributed by atoms with Gasteiger partial charge in [0.05, 0.1) is 13.7 Å². The van der Waals surface area contributed by atoms with Crippen molar-refractivity contribution in [3.63, 3.8) is 0 Å². The summed E-state index contributed by atoms with van der Waals surface area (Å²) >= 11 is 10.1. The lowest BCUT2D eigenvalue weighted by atomic mass is 10.1. The van der Waals surface area contributed by atoms with Crippen LogP contribution < -0.4 is 5.73 Å². The van der Waals surface area contributed by atoms with E-state index in [-0.39, 0.29) is 11.3 Å². The molecule has 1 heterocycles. The maximum absolute atomic E-state index is 13.1. The van der Waals surface area contributed by atoms with Crippen molar-refractivity contribution in [1.82, 2.24) is 0 Å². The Bertz CT molecular complexity index is 625. The molecule has 2 nitrogen and oxygen atoms in total. The summed E-state index contributed by atoms with van der Waals surface area (Å²) in [6, 6.07) is 3.01. The number of nitrogens with two attached hydrogens (primary N) is 1. The molecule has 2 aromatic rings. The number of rotatable bonds is 2. The SMILES string of the molecule is Nc1cc(F)c(F)cc1C(=O)c1cc(Cl)c(Br)s1. The lowest BCUT2D eigenvalue weighted by molar-refractivity contribution is 0.104. The van der Waals surface area contributed by atoms with Gasteiger partial charge in [0.15, 0.2) is 11.6 Å². The number of nitrogen functional groups attached to an aromatic ring is 1. The fourth-order valence-electron chi connectivity index (χ4n) is 1.35. The van der Waals surface area contributed by atoms with Gasteiger partial charge in [-0.05, 0) is 28.1 Å². The Morgan fingerprint density at radius 1 is 1.28 bits per heavy atom. The molecule has 2 rings (SSSR count). The highest BCUT2D eigenvalue weighted by Gasteiger charge is 2.19. The zero-order chi connectivity index (χ0) is 13.4. The number of carbonyl (C=O) groups excluding carboxylic acids is 1. The molecular weight excluding hydrogens is 348 g/mol. The Hall–Kier alpha value is -0.980. The summed E-state index contributed by atoms with van der Waals surface area (Å²) in [6.45, 7) is 0. The highest BCUT2D eigenvalue weighted by Crippen LogP contribution is 2.34. The van der Waals surface area contributed by atoms with Gasteiger partial charge in [-0.15, -0.1) is 11.3 Å². The normalized spacial score (nSPS) is 10.7. The van der Waals surface area contributed by atoms with E-state index in [0.717, 1.165) is 23.5 Å². The van der Waals surface area contributed by atoms with Crippen LogP contribution in [0.15, 0.2) is 22.0 Å². The van der Waals surface area contributed by atoms with Crippen LogP contribution >= 0.6 is 38.9 Å². The number of hydrogen-bond donors (Lipinski definition) is 1. The van der Waals surface area contributed by atoms with Gasteiger partial charge in [-0.25, -0.2) is 8.78 Å². The van der Waals surface area contributed by atoms with Crippen molar-refractivity contribution in [2.75, 3.05) is 5.73 Å². The minimum absolute atomic E-state index is 0.0840. The predicted octanol–water partition coefficient (Wildman–Crippen LogP) is 4.26. The lowest BCUT2D eigenvalue weighted by Crippen LogP contribution is -2.05. The second kappa shape index (κ2) is 4.95. The number of benzene rings is 1. The van der Waals surface area contributed by atoms with Crippen molar-refractivity contribution in [2.24, 2.45) is 0 Å². The van der Waals surface area contributed by atoms with E-state index in [2.05, 4.69) is 15.9 Å². The number of ketones is 1. The molecule has 0 aliphatic carbocycles. The molecule has 0 fully saturated rings. The van der Waals surface area contributed by atoms with Crippen LogP contribution in [0.5, 0.6) is 0 Å². The van der Waals surface area contributed by atoms with Gasteiger partial charge in [-0.3, -0.25) is 4.79 Å². The molecule has 0 spiro atoms. The zero-order valence-corrected chi connectivity index (χ0v) is 11.8. The molecule has 7 heteroatoms. The maximum atomic E-state index is 13.1. The van der Waals surface area contributed by atoms with E-state index in [0.29, 0.717) is 13.7 Å². The summed E-state index contributed by atoms with van der Waals surface area (Å²) in [5.41, 5.74) is 5.31. The van der Waals surface area contributed by atoms with Gasteiger partial charge in [0.2, 0.25) is 5.78 Å². The van der Waals surface area contributed by atoms with E-state index in [9.17, 15) is 13.6 Å². The Morgan fingerprint density at radius 2 is 1.89 bits per heavy atom. The number of anilines is 1. The average Bonchev–Trinajstić information content (AvgIpc) is 2.63. The summed E-state index contributed by atoms with van der Waals surface area (Å²) in [5.74, 6) is -2.70. The number of hydrogen-bond acceptors (Lipinski definition) is 3. The Balaban J connectivity index is 2.49. The van der Waals surface area contributed by atoms with E-state index in [4.69, 9.17) is 17.3 Å². The molecular formula is C11H5BrClF2NOS. The second-order valence-electron chi connectivity index (χ2n) is 3.41. The third-order valence-electron chi connectivity index (χ3n) is 2.21. The monoisotopic (exact) mass is 351 g/mol. The van der Waals surface area contributed by atoms with Crippen LogP contribution in [0.3, 0.4) is 0 Å². The third kappa shape index (κ3) is 2.41. The highest BCUT2D eigenvalue weighted by atomic mass is 79.9. The summed E-state index contributed by atoms with van der Waals surface area (Å²) < 4.78 is 26.6. The average molecular weight is 353 g/mol. The Labute approximate surface area is 118 Å². The number of halogens is 4. The topological polar surface area (TPSA) is 43.1 Å². The van der Waals surface area contributed by atoms with Crippen LogP contribution in [0.1, 0.15) is 15.2 Å². The van der Waals surface area contributed by atoms with Crippen molar-refractivity contribution < 1.29 is 13.6 Å². The molecule has 0 saturated carbocycles. The van der Waals surface area contributed by atoms with E-state index < -0.39 is 17.4 Å². The first-order valence-corrected chi connectivity index (χ1v) is 6.63. The smallest absolute Gasteiger partial charge is 0.205 e. The van der Waals surface area contributed by atoms with E-state index in [1.807, 2.05) is 0 Å². The maximum Gasteiger partial charge on any atom is 0.205 e. The Morgan fingerprint density at radius 3 is 2.44 bits per heavy atom. The molecule has 1 aromatic carbocycles. The minimum Gasteiger partial charge on any atom is -0.398 e. The van der Waals surface area contributed by atoms with Crippen molar-refractivity contribution in [3.05, 3.63) is 49.1 Å². The molecule has 2 N–H and O–H groups in total. The molecule has 18 heavy (non-hydrogen) atoms. The first-order chi connectivity index (χ1) is 8.40. The van der Waals surface area contributed by atoms with Crippen molar-refractivity contribution in [1.29, 1.82) is 0 Å². The molecule has 0 bridgehead atoms. The number of carbonyl (C=O) groups is 1. The molecule has 1 aromatic heterocycles. The van der Waals surface area contributed by atoms with E-state index in [1.54, 1.807) is 0 Å². The van der Waals surface area contributed by atoms with Crippen LogP contribution in [-0.4, -0.2) is 5.78 Å². The van der Waals surface area contributed by atoms with Crippen molar-refractivity contribution in [2.45, 2.75) is 0 Å². The van der Waals surface area contributed by atoms with Gasteiger partial charge in [-0.2, -0.15) is 0 Å². The highest BCUT2D eigenvalue weighted by molar-refractivity contribution is 9.11. The quantitative estimate of drug-likeness (QED) is 0.648. The Kier molecular flexibility index (Phi) is 3.70. The van der Waals surface area contributed by atoms with Crippen molar-refractivity contribution in [3.8, 4) is 0 Å². The minimum atomic E-state index is -1.12. The van der Waals surface area contributed by atoms with Crippen LogP contribution in [0.25, 0.3) is 0 Å². The van der Waals surface area contributed by atoms with E-state index >= 15 is 0 Å². The summed E-state index contributed by atoms with van der Waals surface area (Å²) in [5, 5.41) is 0.379. The van der Waals surface area contributed by atoms with Gasteiger partial charge < -0.3 is 5.73 Å². The van der Waals surface area contributed by atoms with Gasteiger partial charge in [0.1, 0.15) is 0 Å². The predicted molar refractivity (Wildman–Crippen MR) is 71.2 cm³/mol. The lowest BCUT2D eigenvalue weighted by Gasteiger charge is -2.04. The van der Waals surface area contributed by atoms with Gasteiger partial charge in [0, 0.05) is 17.3 Å². The van der Waals surface area contributed by atoms with Gasteiger partial charge >= 0.3 is 0 Å². The molecule has 0 aliphatic heterocycles. The fraction of sp³-hybridized carbons (Fsp3) is 0. The second-order valence-corrected chi connectivity index (χ2v) is 6.19. The first kappa shape index (κ1) is 13.5. The molecule has 0 saturated heterocycles. The molecule has 0 aliphatic rings. The largest absolute Gasteiger partial charge is 0.398 e. The first-order valence-electron chi connectivity index (χ1n) is 4.64. The standard InChI is InChI=1S/C11H5BrClF2NOS/c12-11-5(13)2-9(18-11)10(17)4-1-6(14)7(15)3-8(4)16/h1-3H,16H2. The van der Waals surface area contributed by atoms with Gasteiger partial charge in [0.25, 0.3) is 0 Å². The zero-order valence-electron chi connectivity index (χ0n) is 8.64. The van der Waals surface area contributed by atoms with Crippen LogP contribution in [-0.2, 0) is 0 Å². The van der Waals surface area contributed by atoms with Gasteiger partial charge in [-0.1, -0.05) is 11.6 Å². The van der Waals surface area contributed by atoms with Crippen molar-refractivity contribution >= 4 is 50.3 Å².